The van der Waals surface area contributed by atoms with Gasteiger partial charge in [0.2, 0.25) is 0 Å². The molecular weight excluding hydrogens is 408 g/mol. The molecule has 3 nitrogen and oxygen atoms in total. The molecule has 0 aromatic heterocycles. The van der Waals surface area contributed by atoms with Crippen molar-refractivity contribution in [3.63, 3.8) is 0 Å². The fraction of sp³-hybridized carbons (Fsp3) is 0.900. The van der Waals surface area contributed by atoms with Gasteiger partial charge in [-0.25, -0.2) is 0 Å². The lowest BCUT2D eigenvalue weighted by Gasteiger charge is -2.58. The molecule has 1 N–H and O–H groups in total. The van der Waals surface area contributed by atoms with Crippen molar-refractivity contribution in [2.75, 3.05) is 0 Å². The van der Waals surface area contributed by atoms with E-state index < -0.39 is 0 Å². The van der Waals surface area contributed by atoms with Gasteiger partial charge in [0.05, 0.1) is 12.5 Å². The van der Waals surface area contributed by atoms with Crippen LogP contribution in [0.25, 0.3) is 0 Å². The van der Waals surface area contributed by atoms with Crippen LogP contribution >= 0.6 is 0 Å². The van der Waals surface area contributed by atoms with Crippen LogP contribution in [0.2, 0.25) is 0 Å². The van der Waals surface area contributed by atoms with E-state index in [2.05, 4.69) is 47.6 Å². The van der Waals surface area contributed by atoms with Gasteiger partial charge >= 0.3 is 5.97 Å². The minimum atomic E-state index is -0.296. The van der Waals surface area contributed by atoms with E-state index in [1.807, 2.05) is 0 Å². The quantitative estimate of drug-likeness (QED) is 0.368. The van der Waals surface area contributed by atoms with Gasteiger partial charge in [0.1, 0.15) is 5.60 Å². The maximum atomic E-state index is 12.2. The molecule has 5 aliphatic rings. The van der Waals surface area contributed by atoms with E-state index in [-0.39, 0.29) is 17.7 Å². The number of hydrogen-bond acceptors (Lipinski definition) is 3. The summed E-state index contributed by atoms with van der Waals surface area (Å²) >= 11 is 0. The highest BCUT2D eigenvalue weighted by Crippen LogP contribution is 2.67. The van der Waals surface area contributed by atoms with Crippen LogP contribution in [0.4, 0.5) is 0 Å². The first-order valence-electron chi connectivity index (χ1n) is 14.1. The van der Waals surface area contributed by atoms with Crippen molar-refractivity contribution in [2.45, 2.75) is 117 Å². The molecule has 0 aromatic carbocycles. The second-order valence-corrected chi connectivity index (χ2v) is 13.9. The lowest BCUT2D eigenvalue weighted by molar-refractivity contribution is -0.150. The zero-order valence-electron chi connectivity index (χ0n) is 22.0. The summed E-state index contributed by atoms with van der Waals surface area (Å²) in [5.41, 5.74) is 2.02. The van der Waals surface area contributed by atoms with E-state index in [9.17, 15) is 9.90 Å². The molecule has 0 spiro atoms. The van der Waals surface area contributed by atoms with Crippen molar-refractivity contribution in [2.24, 2.45) is 52.3 Å². The Labute approximate surface area is 202 Å². The SMILES string of the molecule is CC(C)C1CC(=O)OC1(C)CC(C)C1CCC2C3CC=C4CC(O)CCC4(C)C3CCC12C. The molecule has 0 bridgehead atoms. The van der Waals surface area contributed by atoms with Gasteiger partial charge in [-0.1, -0.05) is 46.3 Å². The van der Waals surface area contributed by atoms with E-state index in [0.29, 0.717) is 35.0 Å². The molecule has 0 radical (unpaired) electrons. The van der Waals surface area contributed by atoms with Gasteiger partial charge in [0.15, 0.2) is 0 Å². The van der Waals surface area contributed by atoms with Crippen molar-refractivity contribution >= 4 is 5.97 Å². The van der Waals surface area contributed by atoms with E-state index in [0.717, 1.165) is 42.9 Å². The minimum absolute atomic E-state index is 0.00931. The third-order valence-electron chi connectivity index (χ3n) is 11.9. The fourth-order valence-electron chi connectivity index (χ4n) is 10.3. The van der Waals surface area contributed by atoms with Crippen molar-refractivity contribution < 1.29 is 14.6 Å². The Bertz CT molecular complexity index is 815. The van der Waals surface area contributed by atoms with Gasteiger partial charge in [-0.2, -0.15) is 0 Å². The lowest BCUT2D eigenvalue weighted by atomic mass is 9.47. The molecule has 1 heterocycles. The van der Waals surface area contributed by atoms with Gasteiger partial charge in [0.25, 0.3) is 0 Å². The van der Waals surface area contributed by atoms with Gasteiger partial charge in [-0.15, -0.1) is 0 Å². The van der Waals surface area contributed by atoms with E-state index in [1.54, 1.807) is 5.57 Å². The molecule has 1 saturated heterocycles. The largest absolute Gasteiger partial charge is 0.459 e. The van der Waals surface area contributed by atoms with Gasteiger partial charge in [-0.05, 0) is 111 Å². The predicted molar refractivity (Wildman–Crippen MR) is 132 cm³/mol. The van der Waals surface area contributed by atoms with Crippen LogP contribution in [-0.2, 0) is 9.53 Å². The highest BCUT2D eigenvalue weighted by atomic mass is 16.6. The molecule has 3 heteroatoms. The molecule has 3 saturated carbocycles. The third-order valence-corrected chi connectivity index (χ3v) is 11.9. The number of cyclic esters (lactones) is 1. The molecular formula is C30H48O3. The monoisotopic (exact) mass is 456 g/mol. The number of allylic oxidation sites excluding steroid dienone is 1. The average Bonchev–Trinajstić information content (AvgIpc) is 3.24. The Balaban J connectivity index is 1.35. The molecule has 5 rings (SSSR count). The molecule has 4 fully saturated rings. The first kappa shape index (κ1) is 23.9. The van der Waals surface area contributed by atoms with E-state index in [1.165, 1.54) is 38.5 Å². The van der Waals surface area contributed by atoms with Crippen LogP contribution in [0, 0.1) is 52.3 Å². The second kappa shape index (κ2) is 8.10. The zero-order chi connectivity index (χ0) is 23.8. The maximum absolute atomic E-state index is 12.2. The second-order valence-electron chi connectivity index (χ2n) is 13.9. The smallest absolute Gasteiger partial charge is 0.306 e. The third kappa shape index (κ3) is 3.66. The summed E-state index contributed by atoms with van der Waals surface area (Å²) < 4.78 is 6.02. The van der Waals surface area contributed by atoms with Gasteiger partial charge in [0, 0.05) is 5.92 Å². The number of rotatable bonds is 4. The van der Waals surface area contributed by atoms with Crippen LogP contribution in [0.3, 0.4) is 0 Å². The topological polar surface area (TPSA) is 46.5 Å². The first-order valence-corrected chi connectivity index (χ1v) is 14.1. The van der Waals surface area contributed by atoms with Crippen molar-refractivity contribution in [3.8, 4) is 0 Å². The molecule has 186 valence electrons. The number of esters is 1. The van der Waals surface area contributed by atoms with E-state index in [4.69, 9.17) is 4.74 Å². The minimum Gasteiger partial charge on any atom is -0.459 e. The van der Waals surface area contributed by atoms with Crippen molar-refractivity contribution in [1.82, 2.24) is 0 Å². The maximum Gasteiger partial charge on any atom is 0.306 e. The molecule has 10 atom stereocenters. The summed E-state index contributed by atoms with van der Waals surface area (Å²) in [6, 6.07) is 0. The summed E-state index contributed by atoms with van der Waals surface area (Å²) in [7, 11) is 0. The number of carbonyl (C=O) groups is 1. The molecule has 0 aromatic rings. The highest BCUT2D eigenvalue weighted by Gasteiger charge is 2.60. The summed E-state index contributed by atoms with van der Waals surface area (Å²) in [5.74, 6) is 4.59. The first-order chi connectivity index (χ1) is 15.5. The Morgan fingerprint density at radius 3 is 2.48 bits per heavy atom. The standard InChI is InChI=1S/C30H48O3/c1-18(2)26-16-27(32)33-30(26,6)17-19(3)23-9-10-24-22-8-7-20-15-21(31)11-13-28(20,4)25(22)12-14-29(23,24)5/h7,18-19,21-26,31H,8-17H2,1-6H3. The zero-order valence-corrected chi connectivity index (χ0v) is 22.0. The van der Waals surface area contributed by atoms with Crippen LogP contribution in [0.15, 0.2) is 11.6 Å². The number of hydrogen-bond donors (Lipinski definition) is 1. The van der Waals surface area contributed by atoms with Crippen LogP contribution in [0.1, 0.15) is 106 Å². The predicted octanol–water partition coefficient (Wildman–Crippen LogP) is 6.93. The highest BCUT2D eigenvalue weighted by molar-refractivity contribution is 5.72. The Hall–Kier alpha value is -0.830. The Morgan fingerprint density at radius 1 is 1.00 bits per heavy atom. The molecule has 0 amide bonds. The summed E-state index contributed by atoms with van der Waals surface area (Å²) in [6.45, 7) is 14.3. The number of fused-ring (bicyclic) bond motifs is 5. The summed E-state index contributed by atoms with van der Waals surface area (Å²) in [5, 5.41) is 10.3. The normalized spacial score (nSPS) is 50.3. The summed E-state index contributed by atoms with van der Waals surface area (Å²) in [4.78, 5) is 12.2. The van der Waals surface area contributed by atoms with E-state index >= 15 is 0 Å². The van der Waals surface area contributed by atoms with Crippen LogP contribution in [-0.4, -0.2) is 22.8 Å². The van der Waals surface area contributed by atoms with Gasteiger partial charge in [-0.3, -0.25) is 4.79 Å². The van der Waals surface area contributed by atoms with Crippen LogP contribution in [0.5, 0.6) is 0 Å². The molecule has 1 aliphatic heterocycles. The van der Waals surface area contributed by atoms with Crippen LogP contribution < -0.4 is 0 Å². The lowest BCUT2D eigenvalue weighted by Crippen LogP contribution is -2.51. The Morgan fingerprint density at radius 2 is 1.76 bits per heavy atom. The fourth-order valence-corrected chi connectivity index (χ4v) is 10.3. The number of aliphatic hydroxyl groups is 1. The van der Waals surface area contributed by atoms with Gasteiger partial charge < -0.3 is 9.84 Å². The Kier molecular flexibility index (Phi) is 5.87. The number of aliphatic hydroxyl groups excluding tert-OH is 1. The average molecular weight is 457 g/mol. The van der Waals surface area contributed by atoms with Crippen molar-refractivity contribution in [3.05, 3.63) is 11.6 Å². The number of ether oxygens (including phenoxy) is 1. The molecule has 10 unspecified atom stereocenters. The number of carbonyl (C=O) groups excluding carboxylic acids is 1. The molecule has 33 heavy (non-hydrogen) atoms. The van der Waals surface area contributed by atoms with Crippen molar-refractivity contribution in [1.29, 1.82) is 0 Å². The molecule has 4 aliphatic carbocycles. The summed E-state index contributed by atoms with van der Waals surface area (Å²) in [6.07, 6.45) is 13.8.